The third kappa shape index (κ3) is 3.61. The van der Waals surface area contributed by atoms with E-state index in [9.17, 15) is 0 Å². The second kappa shape index (κ2) is 6.61. The molecule has 0 fully saturated rings. The predicted molar refractivity (Wildman–Crippen MR) is 75.0 cm³/mol. The maximum absolute atomic E-state index is 8.66. The number of benzene rings is 1. The van der Waals surface area contributed by atoms with Gasteiger partial charge in [0, 0.05) is 11.0 Å². The number of halogens is 1. The third-order valence-corrected chi connectivity index (χ3v) is 3.65. The molecule has 1 aromatic rings. The Hall–Kier alpha value is -1.27. The molecule has 0 spiro atoms. The molecule has 0 saturated carbocycles. The van der Waals surface area contributed by atoms with Crippen LogP contribution in [-0.2, 0) is 6.54 Å². The lowest BCUT2D eigenvalue weighted by molar-refractivity contribution is 0.278. The van der Waals surface area contributed by atoms with Crippen LogP contribution in [0, 0.1) is 0 Å². The lowest BCUT2D eigenvalue weighted by Gasteiger charge is -2.24. The van der Waals surface area contributed by atoms with Gasteiger partial charge in [-0.25, -0.2) is 0 Å². The summed E-state index contributed by atoms with van der Waals surface area (Å²) < 4.78 is 6.19. The first-order valence-corrected chi connectivity index (χ1v) is 6.29. The van der Waals surface area contributed by atoms with E-state index in [1.807, 2.05) is 37.1 Å². The van der Waals surface area contributed by atoms with E-state index in [-0.39, 0.29) is 11.9 Å². The Morgan fingerprint density at radius 2 is 2.28 bits per heavy atom. The van der Waals surface area contributed by atoms with E-state index in [0.29, 0.717) is 6.54 Å². The zero-order valence-corrected chi connectivity index (χ0v) is 12.3. The highest BCUT2D eigenvalue weighted by molar-refractivity contribution is 9.10. The number of nitrogens with zero attached hydrogens (tertiary/aromatic N) is 2. The van der Waals surface area contributed by atoms with Crippen LogP contribution in [0.15, 0.2) is 27.8 Å². The SMILES string of the molecule is COc1ccc(Br)c(CN(C)C(C)C(N)=NO)c1. The largest absolute Gasteiger partial charge is 0.497 e. The number of methoxy groups -OCH3 is 1. The molecule has 0 aromatic heterocycles. The molecule has 3 N–H and O–H groups in total. The molecule has 0 aliphatic heterocycles. The highest BCUT2D eigenvalue weighted by atomic mass is 79.9. The van der Waals surface area contributed by atoms with E-state index in [1.165, 1.54) is 0 Å². The Kier molecular flexibility index (Phi) is 5.43. The van der Waals surface area contributed by atoms with E-state index in [1.54, 1.807) is 7.11 Å². The van der Waals surface area contributed by atoms with Crippen molar-refractivity contribution < 1.29 is 9.94 Å². The van der Waals surface area contributed by atoms with E-state index in [2.05, 4.69) is 21.1 Å². The topological polar surface area (TPSA) is 71.1 Å². The number of amidine groups is 1. The molecular weight excluding hydrogens is 298 g/mol. The minimum absolute atomic E-state index is 0.145. The first kappa shape index (κ1) is 14.8. The molecule has 0 bridgehead atoms. The second-order valence-electron chi connectivity index (χ2n) is 4.07. The van der Waals surface area contributed by atoms with Crippen LogP contribution >= 0.6 is 15.9 Å². The third-order valence-electron chi connectivity index (χ3n) is 2.88. The van der Waals surface area contributed by atoms with Gasteiger partial charge in [0.15, 0.2) is 5.84 Å². The van der Waals surface area contributed by atoms with Crippen LogP contribution < -0.4 is 10.5 Å². The molecule has 0 heterocycles. The van der Waals surface area contributed by atoms with Crippen LogP contribution in [0.2, 0.25) is 0 Å². The van der Waals surface area contributed by atoms with Gasteiger partial charge in [0.1, 0.15) is 5.75 Å². The molecule has 0 aliphatic carbocycles. The van der Waals surface area contributed by atoms with E-state index in [4.69, 9.17) is 15.7 Å². The standard InChI is InChI=1S/C12H18BrN3O2/c1-8(12(14)15-17)16(2)7-9-6-10(18-3)4-5-11(9)13/h4-6,8,17H,7H2,1-3H3,(H2,14,15). The van der Waals surface area contributed by atoms with Crippen molar-refractivity contribution in [3.05, 3.63) is 28.2 Å². The molecule has 0 saturated heterocycles. The lowest BCUT2D eigenvalue weighted by Crippen LogP contribution is -2.40. The highest BCUT2D eigenvalue weighted by Gasteiger charge is 2.15. The molecule has 0 aliphatic rings. The summed E-state index contributed by atoms with van der Waals surface area (Å²) in [5.74, 6) is 0.995. The maximum Gasteiger partial charge on any atom is 0.156 e. The van der Waals surface area contributed by atoms with Crippen LogP contribution in [-0.4, -0.2) is 36.1 Å². The normalized spacial score (nSPS) is 13.7. The lowest BCUT2D eigenvalue weighted by atomic mass is 10.1. The summed E-state index contributed by atoms with van der Waals surface area (Å²) in [5.41, 5.74) is 6.67. The van der Waals surface area contributed by atoms with Crippen molar-refractivity contribution in [3.8, 4) is 5.75 Å². The zero-order chi connectivity index (χ0) is 13.7. The quantitative estimate of drug-likeness (QED) is 0.377. The first-order chi connectivity index (χ1) is 8.49. The smallest absolute Gasteiger partial charge is 0.156 e. The van der Waals surface area contributed by atoms with E-state index >= 15 is 0 Å². The van der Waals surface area contributed by atoms with Gasteiger partial charge in [0.25, 0.3) is 0 Å². The van der Waals surface area contributed by atoms with Gasteiger partial charge in [-0.1, -0.05) is 21.1 Å². The van der Waals surface area contributed by atoms with Crippen molar-refractivity contribution in [2.75, 3.05) is 14.2 Å². The number of hydrogen-bond acceptors (Lipinski definition) is 4. The van der Waals surface area contributed by atoms with Crippen molar-refractivity contribution >= 4 is 21.8 Å². The summed E-state index contributed by atoms with van der Waals surface area (Å²) >= 11 is 3.50. The summed E-state index contributed by atoms with van der Waals surface area (Å²) in [6.07, 6.45) is 0. The molecule has 6 heteroatoms. The highest BCUT2D eigenvalue weighted by Crippen LogP contribution is 2.23. The van der Waals surface area contributed by atoms with Gasteiger partial charge in [0.2, 0.25) is 0 Å². The number of oxime groups is 1. The molecule has 100 valence electrons. The van der Waals surface area contributed by atoms with Crippen LogP contribution in [0.3, 0.4) is 0 Å². The predicted octanol–water partition coefficient (Wildman–Crippen LogP) is 2.02. The van der Waals surface area contributed by atoms with Gasteiger partial charge in [0.05, 0.1) is 13.2 Å². The molecule has 5 nitrogen and oxygen atoms in total. The van der Waals surface area contributed by atoms with Gasteiger partial charge in [-0.3, -0.25) is 4.90 Å². The van der Waals surface area contributed by atoms with Crippen LogP contribution in [0.4, 0.5) is 0 Å². The van der Waals surface area contributed by atoms with E-state index < -0.39 is 0 Å². The monoisotopic (exact) mass is 315 g/mol. The average Bonchev–Trinajstić information content (AvgIpc) is 2.39. The Balaban J connectivity index is 2.84. The molecule has 1 unspecified atom stereocenters. The number of ether oxygens (including phenoxy) is 1. The van der Waals surface area contributed by atoms with Crippen LogP contribution in [0.25, 0.3) is 0 Å². The molecule has 1 aromatic carbocycles. The average molecular weight is 316 g/mol. The second-order valence-corrected chi connectivity index (χ2v) is 4.93. The summed E-state index contributed by atoms with van der Waals surface area (Å²) in [6, 6.07) is 5.64. The summed E-state index contributed by atoms with van der Waals surface area (Å²) in [4.78, 5) is 1.98. The fourth-order valence-corrected chi connectivity index (χ4v) is 1.89. The van der Waals surface area contributed by atoms with Gasteiger partial charge in [-0.2, -0.15) is 0 Å². The first-order valence-electron chi connectivity index (χ1n) is 5.49. The maximum atomic E-state index is 8.66. The Labute approximate surface area is 115 Å². The van der Waals surface area contributed by atoms with Gasteiger partial charge in [-0.05, 0) is 37.7 Å². The number of nitrogens with two attached hydrogens (primary N) is 1. The summed E-state index contributed by atoms with van der Waals surface area (Å²) in [7, 11) is 3.55. The van der Waals surface area contributed by atoms with Crippen molar-refractivity contribution in [2.45, 2.75) is 19.5 Å². The molecule has 0 radical (unpaired) electrons. The molecule has 0 amide bonds. The fourth-order valence-electron chi connectivity index (χ4n) is 1.51. The number of likely N-dealkylation sites (N-methyl/N-ethyl adjacent to an activating group) is 1. The zero-order valence-electron chi connectivity index (χ0n) is 10.7. The molecule has 1 atom stereocenters. The molecule has 1 rings (SSSR count). The number of rotatable bonds is 5. The van der Waals surface area contributed by atoms with Gasteiger partial charge < -0.3 is 15.7 Å². The Morgan fingerprint density at radius 1 is 1.61 bits per heavy atom. The van der Waals surface area contributed by atoms with Crippen LogP contribution in [0.5, 0.6) is 5.75 Å². The van der Waals surface area contributed by atoms with Crippen LogP contribution in [0.1, 0.15) is 12.5 Å². The van der Waals surface area contributed by atoms with Crippen molar-refractivity contribution in [3.63, 3.8) is 0 Å². The minimum atomic E-state index is -0.145. The van der Waals surface area contributed by atoms with Gasteiger partial charge >= 0.3 is 0 Å². The van der Waals surface area contributed by atoms with Crippen molar-refractivity contribution in [2.24, 2.45) is 10.9 Å². The molecule has 18 heavy (non-hydrogen) atoms. The Bertz CT molecular complexity index is 437. The van der Waals surface area contributed by atoms with Gasteiger partial charge in [-0.15, -0.1) is 0 Å². The number of hydrogen-bond donors (Lipinski definition) is 2. The fraction of sp³-hybridized carbons (Fsp3) is 0.417. The van der Waals surface area contributed by atoms with Crippen molar-refractivity contribution in [1.29, 1.82) is 0 Å². The molecular formula is C12H18BrN3O2. The Morgan fingerprint density at radius 3 is 2.83 bits per heavy atom. The van der Waals surface area contributed by atoms with Crippen molar-refractivity contribution in [1.82, 2.24) is 4.90 Å². The van der Waals surface area contributed by atoms with E-state index in [0.717, 1.165) is 15.8 Å². The summed E-state index contributed by atoms with van der Waals surface area (Å²) in [6.45, 7) is 2.54. The minimum Gasteiger partial charge on any atom is -0.497 e. The summed E-state index contributed by atoms with van der Waals surface area (Å²) in [5, 5.41) is 11.7.